The van der Waals surface area contributed by atoms with Gasteiger partial charge >= 0.3 is 0 Å². The molecule has 0 saturated carbocycles. The lowest BCUT2D eigenvalue weighted by Gasteiger charge is -2.20. The summed E-state index contributed by atoms with van der Waals surface area (Å²) < 4.78 is 0. The van der Waals surface area contributed by atoms with Gasteiger partial charge in [-0.25, -0.2) is 0 Å². The molecule has 23 heavy (non-hydrogen) atoms. The molecule has 0 amide bonds. The summed E-state index contributed by atoms with van der Waals surface area (Å²) in [5, 5.41) is 0. The first-order chi connectivity index (χ1) is 11.0. The largest absolute Gasteiger partial charge is 0.299 e. The lowest BCUT2D eigenvalue weighted by atomic mass is 9.83. The standard InChI is InChI=1S/C22H44O/c1-5-6-7-8-9-10-11-12-13-14-15-16-17-18-19-20-22(3,4)21(2)23/h5-20H2,1-4H3. The number of carbonyl (C=O) groups excluding carboxylic acids is 1. The highest BCUT2D eigenvalue weighted by molar-refractivity contribution is 5.81. The Morgan fingerprint density at radius 2 is 0.913 bits per heavy atom. The molecule has 0 aromatic heterocycles. The first-order valence-corrected chi connectivity index (χ1v) is 10.5. The Bertz CT molecular complexity index is 267. The highest BCUT2D eigenvalue weighted by Crippen LogP contribution is 2.25. The number of unbranched alkanes of at least 4 members (excludes halogenated alkanes) is 14. The average Bonchev–Trinajstić information content (AvgIpc) is 2.51. The van der Waals surface area contributed by atoms with Gasteiger partial charge in [0.15, 0.2) is 0 Å². The van der Waals surface area contributed by atoms with Gasteiger partial charge in [-0.2, -0.15) is 0 Å². The predicted molar refractivity (Wildman–Crippen MR) is 104 cm³/mol. The van der Waals surface area contributed by atoms with Crippen LogP contribution in [0.1, 0.15) is 130 Å². The minimum Gasteiger partial charge on any atom is -0.299 e. The minimum absolute atomic E-state index is 0.101. The van der Waals surface area contributed by atoms with Crippen LogP contribution >= 0.6 is 0 Å². The first kappa shape index (κ1) is 22.7. The molecule has 0 heterocycles. The van der Waals surface area contributed by atoms with E-state index < -0.39 is 0 Å². The molecule has 0 bridgehead atoms. The van der Waals surface area contributed by atoms with E-state index >= 15 is 0 Å². The van der Waals surface area contributed by atoms with Crippen LogP contribution in [0.2, 0.25) is 0 Å². The fourth-order valence-corrected chi connectivity index (χ4v) is 3.11. The summed E-state index contributed by atoms with van der Waals surface area (Å²) >= 11 is 0. The van der Waals surface area contributed by atoms with Gasteiger partial charge in [0.2, 0.25) is 0 Å². The molecule has 0 saturated heterocycles. The maximum atomic E-state index is 11.4. The van der Waals surface area contributed by atoms with Crippen LogP contribution in [0.4, 0.5) is 0 Å². The lowest BCUT2D eigenvalue weighted by molar-refractivity contribution is -0.125. The van der Waals surface area contributed by atoms with E-state index in [0.717, 1.165) is 6.42 Å². The van der Waals surface area contributed by atoms with Crippen LogP contribution in [0.25, 0.3) is 0 Å². The van der Waals surface area contributed by atoms with Crippen molar-refractivity contribution < 1.29 is 4.79 Å². The molecule has 1 nitrogen and oxygen atoms in total. The van der Waals surface area contributed by atoms with Crippen LogP contribution in [0.3, 0.4) is 0 Å². The zero-order valence-corrected chi connectivity index (χ0v) is 16.7. The molecule has 0 aliphatic rings. The van der Waals surface area contributed by atoms with Crippen LogP contribution < -0.4 is 0 Å². The van der Waals surface area contributed by atoms with E-state index in [4.69, 9.17) is 0 Å². The summed E-state index contributed by atoms with van der Waals surface area (Å²) in [4.78, 5) is 11.4. The van der Waals surface area contributed by atoms with Crippen LogP contribution in [0.5, 0.6) is 0 Å². The van der Waals surface area contributed by atoms with E-state index in [2.05, 4.69) is 20.8 Å². The molecule has 0 aliphatic carbocycles. The van der Waals surface area contributed by atoms with Gasteiger partial charge in [-0.3, -0.25) is 4.79 Å². The zero-order valence-electron chi connectivity index (χ0n) is 16.7. The summed E-state index contributed by atoms with van der Waals surface area (Å²) in [7, 11) is 0. The molecular formula is C22H44O. The van der Waals surface area contributed by atoms with E-state index in [1.807, 2.05) is 0 Å². The van der Waals surface area contributed by atoms with Crippen molar-refractivity contribution in [1.29, 1.82) is 0 Å². The smallest absolute Gasteiger partial charge is 0.135 e. The number of rotatable bonds is 17. The normalized spacial score (nSPS) is 11.8. The van der Waals surface area contributed by atoms with Gasteiger partial charge < -0.3 is 0 Å². The van der Waals surface area contributed by atoms with Crippen LogP contribution in [0.15, 0.2) is 0 Å². The Balaban J connectivity index is 3.15. The third-order valence-electron chi connectivity index (χ3n) is 5.36. The lowest BCUT2D eigenvalue weighted by Crippen LogP contribution is -2.20. The molecule has 0 spiro atoms. The van der Waals surface area contributed by atoms with E-state index in [0.29, 0.717) is 5.78 Å². The summed E-state index contributed by atoms with van der Waals surface area (Å²) in [5.74, 6) is 0.336. The highest BCUT2D eigenvalue weighted by atomic mass is 16.1. The molecule has 1 heteroatoms. The van der Waals surface area contributed by atoms with E-state index in [1.54, 1.807) is 6.92 Å². The van der Waals surface area contributed by atoms with Gasteiger partial charge in [0.25, 0.3) is 0 Å². The van der Waals surface area contributed by atoms with Gasteiger partial charge in [-0.05, 0) is 13.3 Å². The van der Waals surface area contributed by atoms with Gasteiger partial charge in [0.05, 0.1) is 0 Å². The first-order valence-electron chi connectivity index (χ1n) is 10.5. The van der Waals surface area contributed by atoms with Crippen molar-refractivity contribution in [3.63, 3.8) is 0 Å². The number of hydrogen-bond acceptors (Lipinski definition) is 1. The average molecular weight is 325 g/mol. The van der Waals surface area contributed by atoms with Gasteiger partial charge in [-0.1, -0.05) is 117 Å². The molecule has 0 radical (unpaired) electrons. The molecule has 138 valence electrons. The number of Topliss-reactive ketones (excluding diaryl/α,β-unsaturated/α-hetero) is 1. The third-order valence-corrected chi connectivity index (χ3v) is 5.36. The van der Waals surface area contributed by atoms with Crippen molar-refractivity contribution in [1.82, 2.24) is 0 Å². The maximum Gasteiger partial charge on any atom is 0.135 e. The summed E-state index contributed by atoms with van der Waals surface area (Å²) in [6.45, 7) is 8.18. The second-order valence-corrected chi connectivity index (χ2v) is 8.14. The van der Waals surface area contributed by atoms with Gasteiger partial charge in [0.1, 0.15) is 5.78 Å². The molecular weight excluding hydrogens is 280 g/mol. The van der Waals surface area contributed by atoms with Gasteiger partial charge in [0, 0.05) is 5.41 Å². The SMILES string of the molecule is CCCCCCCCCCCCCCCCCC(C)(C)C(C)=O. The third kappa shape index (κ3) is 15.0. The second-order valence-electron chi connectivity index (χ2n) is 8.14. The van der Waals surface area contributed by atoms with Crippen LogP contribution in [0, 0.1) is 5.41 Å². The molecule has 0 rings (SSSR count). The topological polar surface area (TPSA) is 17.1 Å². The molecule has 0 unspecified atom stereocenters. The number of carbonyl (C=O) groups is 1. The van der Waals surface area contributed by atoms with Crippen LogP contribution in [-0.2, 0) is 4.79 Å². The van der Waals surface area contributed by atoms with Crippen molar-refractivity contribution >= 4 is 5.78 Å². The maximum absolute atomic E-state index is 11.4. The van der Waals surface area contributed by atoms with Crippen molar-refractivity contribution in [3.8, 4) is 0 Å². The van der Waals surface area contributed by atoms with Crippen molar-refractivity contribution in [2.75, 3.05) is 0 Å². The molecule has 0 fully saturated rings. The minimum atomic E-state index is -0.101. The monoisotopic (exact) mass is 324 g/mol. The van der Waals surface area contributed by atoms with E-state index in [9.17, 15) is 4.79 Å². The number of ketones is 1. The quantitative estimate of drug-likeness (QED) is 0.249. The summed E-state index contributed by atoms with van der Waals surface area (Å²) in [5.41, 5.74) is -0.101. The second kappa shape index (κ2) is 15.2. The molecule has 0 atom stereocenters. The molecule has 0 aromatic carbocycles. The Morgan fingerprint density at radius 3 is 1.22 bits per heavy atom. The van der Waals surface area contributed by atoms with Crippen molar-refractivity contribution in [2.45, 2.75) is 130 Å². The Kier molecular flexibility index (Phi) is 15.0. The van der Waals surface area contributed by atoms with Crippen molar-refractivity contribution in [2.24, 2.45) is 5.41 Å². The van der Waals surface area contributed by atoms with Crippen molar-refractivity contribution in [3.05, 3.63) is 0 Å². The molecule has 0 aromatic rings. The Hall–Kier alpha value is -0.330. The van der Waals surface area contributed by atoms with E-state index in [1.165, 1.54) is 96.3 Å². The highest BCUT2D eigenvalue weighted by Gasteiger charge is 2.22. The summed E-state index contributed by atoms with van der Waals surface area (Å²) in [6.07, 6.45) is 22.1. The Morgan fingerprint density at radius 1 is 0.609 bits per heavy atom. The predicted octanol–water partition coefficient (Wildman–Crippen LogP) is 7.86. The fourth-order valence-electron chi connectivity index (χ4n) is 3.11. The van der Waals surface area contributed by atoms with E-state index in [-0.39, 0.29) is 5.41 Å². The fraction of sp³-hybridized carbons (Fsp3) is 0.955. The Labute approximate surface area is 147 Å². The van der Waals surface area contributed by atoms with Crippen LogP contribution in [-0.4, -0.2) is 5.78 Å². The number of hydrogen-bond donors (Lipinski definition) is 0. The molecule has 0 N–H and O–H groups in total. The van der Waals surface area contributed by atoms with Gasteiger partial charge in [-0.15, -0.1) is 0 Å². The zero-order chi connectivity index (χ0) is 17.4. The molecule has 0 aliphatic heterocycles. The summed E-state index contributed by atoms with van der Waals surface area (Å²) in [6, 6.07) is 0.